The number of carbonyl (C=O) groups is 2. The number of hydrogen-bond acceptors (Lipinski definition) is 6. The maximum absolute atomic E-state index is 11.9. The van der Waals surface area contributed by atoms with Crippen LogP contribution in [0.15, 0.2) is 17.5 Å². The lowest BCUT2D eigenvalue weighted by molar-refractivity contribution is -0.136. The quantitative estimate of drug-likeness (QED) is 0.829. The third kappa shape index (κ3) is 4.15. The lowest BCUT2D eigenvalue weighted by atomic mass is 10.2. The molecule has 2 aromatic heterocycles. The molecule has 1 fully saturated rings. The van der Waals surface area contributed by atoms with Gasteiger partial charge >= 0.3 is 11.8 Å². The summed E-state index contributed by atoms with van der Waals surface area (Å²) < 4.78 is 5.40. The average Bonchev–Trinajstić information content (AvgIpc) is 3.25. The minimum Gasteiger partial charge on any atom is -0.376 e. The molecule has 6 nitrogen and oxygen atoms in total. The molecule has 1 atom stereocenters. The Morgan fingerprint density at radius 1 is 1.39 bits per heavy atom. The fraction of sp³-hybridized carbons (Fsp3) is 0.400. The second-order valence-corrected chi connectivity index (χ2v) is 7.39. The molecule has 0 saturated carbocycles. The van der Waals surface area contributed by atoms with E-state index < -0.39 is 11.8 Å². The first kappa shape index (κ1) is 16.1. The van der Waals surface area contributed by atoms with Crippen LogP contribution in [0.1, 0.15) is 17.7 Å². The smallest absolute Gasteiger partial charge is 0.315 e. The highest BCUT2D eigenvalue weighted by Gasteiger charge is 2.20. The van der Waals surface area contributed by atoms with E-state index in [1.807, 2.05) is 24.4 Å². The average molecular weight is 351 g/mol. The zero-order chi connectivity index (χ0) is 16.2. The monoisotopic (exact) mass is 351 g/mol. The molecule has 1 aliphatic heterocycles. The Morgan fingerprint density at radius 3 is 2.96 bits per heavy atom. The third-order valence-electron chi connectivity index (χ3n) is 3.44. The molecule has 8 heteroatoms. The predicted molar refractivity (Wildman–Crippen MR) is 90.8 cm³/mol. The maximum Gasteiger partial charge on any atom is 0.315 e. The van der Waals surface area contributed by atoms with Crippen LogP contribution in [0.2, 0.25) is 0 Å². The lowest BCUT2D eigenvalue weighted by Gasteiger charge is -2.09. The molecule has 0 aliphatic carbocycles. The van der Waals surface area contributed by atoms with Crippen LogP contribution >= 0.6 is 22.7 Å². The van der Waals surface area contributed by atoms with Crippen LogP contribution in [-0.4, -0.2) is 36.1 Å². The number of amides is 2. The van der Waals surface area contributed by atoms with Gasteiger partial charge in [-0.25, -0.2) is 4.98 Å². The van der Waals surface area contributed by atoms with Crippen LogP contribution in [0.5, 0.6) is 0 Å². The number of hydrogen-bond donors (Lipinski definition) is 2. The summed E-state index contributed by atoms with van der Waals surface area (Å²) in [4.78, 5) is 30.2. The van der Waals surface area contributed by atoms with Crippen molar-refractivity contribution in [1.29, 1.82) is 0 Å². The SMILES string of the molecule is Cc1ccc(-c2csc(NC(=O)C(=O)NCC3CCCO3)n2)s1. The van der Waals surface area contributed by atoms with E-state index >= 15 is 0 Å². The number of anilines is 1. The normalized spacial score (nSPS) is 17.2. The van der Waals surface area contributed by atoms with Crippen molar-refractivity contribution in [2.75, 3.05) is 18.5 Å². The van der Waals surface area contributed by atoms with E-state index in [9.17, 15) is 9.59 Å². The molecule has 0 bridgehead atoms. The summed E-state index contributed by atoms with van der Waals surface area (Å²) in [6.45, 7) is 3.11. The molecule has 3 rings (SSSR count). The summed E-state index contributed by atoms with van der Waals surface area (Å²) in [5.41, 5.74) is 0.808. The highest BCUT2D eigenvalue weighted by Crippen LogP contribution is 2.30. The van der Waals surface area contributed by atoms with Crippen molar-refractivity contribution >= 4 is 39.6 Å². The van der Waals surface area contributed by atoms with E-state index in [0.717, 1.165) is 30.0 Å². The Morgan fingerprint density at radius 2 is 2.26 bits per heavy atom. The number of nitrogens with one attached hydrogen (secondary N) is 2. The molecule has 3 heterocycles. The Bertz CT molecular complexity index is 704. The number of thiophene rings is 1. The molecular formula is C15H17N3O3S2. The molecule has 2 N–H and O–H groups in total. The van der Waals surface area contributed by atoms with Gasteiger partial charge in [0.05, 0.1) is 16.7 Å². The number of ether oxygens (including phenoxy) is 1. The molecule has 0 radical (unpaired) electrons. The molecule has 1 aliphatic rings. The first-order valence-corrected chi connectivity index (χ1v) is 9.04. The highest BCUT2D eigenvalue weighted by molar-refractivity contribution is 7.17. The molecule has 2 aromatic rings. The highest BCUT2D eigenvalue weighted by atomic mass is 32.1. The van der Waals surface area contributed by atoms with Crippen molar-refractivity contribution in [2.45, 2.75) is 25.9 Å². The fourth-order valence-electron chi connectivity index (χ4n) is 2.26. The number of aryl methyl sites for hydroxylation is 1. The van der Waals surface area contributed by atoms with Crippen LogP contribution in [0.25, 0.3) is 10.6 Å². The molecular weight excluding hydrogens is 334 g/mol. The molecule has 1 saturated heterocycles. The number of carbonyl (C=O) groups excluding carboxylic acids is 2. The standard InChI is InChI=1S/C15H17N3O3S2/c1-9-4-5-12(23-9)11-8-22-15(17-11)18-14(20)13(19)16-7-10-3-2-6-21-10/h4-5,8,10H,2-3,6-7H2,1H3,(H,16,19)(H,17,18,20). The van der Waals surface area contributed by atoms with Crippen LogP contribution in [0, 0.1) is 6.92 Å². The summed E-state index contributed by atoms with van der Waals surface area (Å²) in [6, 6.07) is 4.02. The van der Waals surface area contributed by atoms with E-state index in [1.165, 1.54) is 16.2 Å². The van der Waals surface area contributed by atoms with Gasteiger partial charge in [0.25, 0.3) is 0 Å². The van der Waals surface area contributed by atoms with Crippen molar-refractivity contribution in [3.8, 4) is 10.6 Å². The third-order valence-corrected chi connectivity index (χ3v) is 5.22. The second kappa shape index (κ2) is 7.20. The van der Waals surface area contributed by atoms with Gasteiger partial charge in [0.1, 0.15) is 0 Å². The minimum absolute atomic E-state index is 0.0142. The summed E-state index contributed by atoms with van der Waals surface area (Å²) in [7, 11) is 0. The Balaban J connectivity index is 1.53. The van der Waals surface area contributed by atoms with Crippen LogP contribution in [0.4, 0.5) is 5.13 Å². The first-order chi connectivity index (χ1) is 11.1. The zero-order valence-electron chi connectivity index (χ0n) is 12.6. The van der Waals surface area contributed by atoms with Gasteiger partial charge in [0.15, 0.2) is 5.13 Å². The summed E-state index contributed by atoms with van der Waals surface area (Å²) in [5.74, 6) is -1.37. The molecule has 2 amide bonds. The Kier molecular flexibility index (Phi) is 5.04. The predicted octanol–water partition coefficient (Wildman–Crippen LogP) is 2.41. The summed E-state index contributed by atoms with van der Waals surface area (Å²) in [5, 5.41) is 7.41. The number of aromatic nitrogens is 1. The Hall–Kier alpha value is -1.77. The van der Waals surface area contributed by atoms with Gasteiger partial charge in [-0.3, -0.25) is 14.9 Å². The van der Waals surface area contributed by atoms with Crippen molar-refractivity contribution in [2.24, 2.45) is 0 Å². The largest absolute Gasteiger partial charge is 0.376 e. The van der Waals surface area contributed by atoms with Crippen LogP contribution < -0.4 is 10.6 Å². The van der Waals surface area contributed by atoms with Crippen molar-refractivity contribution in [3.63, 3.8) is 0 Å². The van der Waals surface area contributed by atoms with Gasteiger partial charge in [-0.15, -0.1) is 22.7 Å². The van der Waals surface area contributed by atoms with Gasteiger partial charge in [-0.2, -0.15) is 0 Å². The van der Waals surface area contributed by atoms with Gasteiger partial charge in [-0.1, -0.05) is 0 Å². The van der Waals surface area contributed by atoms with E-state index in [-0.39, 0.29) is 6.10 Å². The van der Waals surface area contributed by atoms with Crippen molar-refractivity contribution < 1.29 is 14.3 Å². The van der Waals surface area contributed by atoms with Crippen LogP contribution in [-0.2, 0) is 14.3 Å². The van der Waals surface area contributed by atoms with Gasteiger partial charge in [-0.05, 0) is 31.9 Å². The summed E-state index contributed by atoms with van der Waals surface area (Å²) in [6.07, 6.45) is 1.93. The van der Waals surface area contributed by atoms with E-state index in [1.54, 1.807) is 11.3 Å². The second-order valence-electron chi connectivity index (χ2n) is 5.25. The van der Waals surface area contributed by atoms with Gasteiger partial charge in [0, 0.05) is 23.4 Å². The molecule has 23 heavy (non-hydrogen) atoms. The van der Waals surface area contributed by atoms with Crippen molar-refractivity contribution in [1.82, 2.24) is 10.3 Å². The van der Waals surface area contributed by atoms with Gasteiger partial charge in [0.2, 0.25) is 0 Å². The van der Waals surface area contributed by atoms with E-state index in [4.69, 9.17) is 4.74 Å². The molecule has 122 valence electrons. The lowest BCUT2D eigenvalue weighted by Crippen LogP contribution is -2.39. The number of thiazole rings is 1. The van der Waals surface area contributed by atoms with Crippen LogP contribution in [0.3, 0.4) is 0 Å². The molecule has 1 unspecified atom stereocenters. The van der Waals surface area contributed by atoms with Gasteiger partial charge < -0.3 is 10.1 Å². The van der Waals surface area contributed by atoms with Crippen molar-refractivity contribution in [3.05, 3.63) is 22.4 Å². The zero-order valence-corrected chi connectivity index (χ0v) is 14.3. The molecule has 0 aromatic carbocycles. The first-order valence-electron chi connectivity index (χ1n) is 7.35. The van der Waals surface area contributed by atoms with E-state index in [2.05, 4.69) is 15.6 Å². The summed E-state index contributed by atoms with van der Waals surface area (Å²) >= 11 is 2.94. The number of nitrogens with zero attached hydrogens (tertiary/aromatic N) is 1. The fourth-order valence-corrected chi connectivity index (χ4v) is 3.87. The Labute approximate surface area is 141 Å². The van der Waals surface area contributed by atoms with E-state index in [0.29, 0.717) is 11.7 Å². The maximum atomic E-state index is 11.9. The molecule has 0 spiro atoms. The topological polar surface area (TPSA) is 80.3 Å². The minimum atomic E-state index is -0.703. The number of rotatable bonds is 4.